The fraction of sp³-hybridized carbons (Fsp3) is 0.812. The van der Waals surface area contributed by atoms with Gasteiger partial charge in [-0.25, -0.2) is 8.42 Å². The summed E-state index contributed by atoms with van der Waals surface area (Å²) in [5.41, 5.74) is -3.94. The Labute approximate surface area is 158 Å². The van der Waals surface area contributed by atoms with E-state index in [0.717, 1.165) is 19.4 Å². The Morgan fingerprint density at radius 1 is 1.37 bits per heavy atom. The van der Waals surface area contributed by atoms with Crippen molar-refractivity contribution in [1.82, 2.24) is 14.9 Å². The van der Waals surface area contributed by atoms with Gasteiger partial charge in [-0.1, -0.05) is 11.6 Å². The first-order chi connectivity index (χ1) is 12.7. The first-order valence-corrected chi connectivity index (χ1v) is 10.5. The van der Waals surface area contributed by atoms with Crippen LogP contribution in [0.4, 0.5) is 13.2 Å². The molecule has 0 amide bonds. The molecule has 2 rings (SSSR count). The third-order valence-electron chi connectivity index (χ3n) is 4.53. The summed E-state index contributed by atoms with van der Waals surface area (Å²) in [5, 5.41) is 6.31. The minimum absolute atomic E-state index is 0.121. The van der Waals surface area contributed by atoms with Crippen molar-refractivity contribution in [2.75, 3.05) is 39.4 Å². The minimum Gasteiger partial charge on any atom is -0.377 e. The number of nitrogens with one attached hydrogen (secondary N) is 2. The number of hydrogen-bond acceptors (Lipinski definition) is 4. The molecule has 0 saturated carbocycles. The van der Waals surface area contributed by atoms with Crippen molar-refractivity contribution in [2.45, 2.75) is 44.2 Å². The van der Waals surface area contributed by atoms with E-state index in [1.165, 1.54) is 5.57 Å². The second kappa shape index (κ2) is 9.74. The molecule has 0 spiro atoms. The number of nitrogens with zero attached hydrogens (tertiary/aromatic N) is 2. The first-order valence-electron chi connectivity index (χ1n) is 9.11. The third kappa shape index (κ3) is 6.35. The standard InChI is InChI=1S/C16H27F3N4O3S/c1-2-20-15(21-8-3-13-6-11-26-12-7-13)22-14-4-9-23(10-5-14)27(24,25)16(17,18)19/h6,14H,2-5,7-12H2,1H3,(H2,20,21,22). The zero-order valence-electron chi connectivity index (χ0n) is 15.4. The summed E-state index contributed by atoms with van der Waals surface area (Å²) in [6, 6.07) is -0.121. The molecule has 0 radical (unpaired) electrons. The Bertz CT molecular complexity index is 642. The van der Waals surface area contributed by atoms with Gasteiger partial charge in [0.2, 0.25) is 0 Å². The van der Waals surface area contributed by atoms with Crippen LogP contribution >= 0.6 is 0 Å². The summed E-state index contributed by atoms with van der Waals surface area (Å²) in [4.78, 5) is 4.51. The number of alkyl halides is 3. The van der Waals surface area contributed by atoms with Crippen LogP contribution in [0.5, 0.6) is 0 Å². The molecule has 1 saturated heterocycles. The Hall–Kier alpha value is -1.33. The molecule has 0 atom stereocenters. The molecule has 0 bridgehead atoms. The lowest BCUT2D eigenvalue weighted by Gasteiger charge is -2.32. The van der Waals surface area contributed by atoms with Gasteiger partial charge >= 0.3 is 15.5 Å². The summed E-state index contributed by atoms with van der Waals surface area (Å²) < 4.78 is 66.6. The van der Waals surface area contributed by atoms with Gasteiger partial charge in [0.1, 0.15) is 0 Å². The van der Waals surface area contributed by atoms with Crippen molar-refractivity contribution in [3.63, 3.8) is 0 Å². The second-order valence-corrected chi connectivity index (χ2v) is 8.40. The molecule has 2 N–H and O–H groups in total. The van der Waals surface area contributed by atoms with Crippen LogP contribution < -0.4 is 10.6 Å². The lowest BCUT2D eigenvalue weighted by Crippen LogP contribution is -2.51. The fourth-order valence-corrected chi connectivity index (χ4v) is 3.99. The van der Waals surface area contributed by atoms with E-state index in [1.807, 2.05) is 6.92 Å². The van der Waals surface area contributed by atoms with Gasteiger partial charge in [0, 0.05) is 32.2 Å². The van der Waals surface area contributed by atoms with Crippen molar-refractivity contribution < 1.29 is 26.3 Å². The van der Waals surface area contributed by atoms with E-state index in [1.54, 1.807) is 0 Å². The SMILES string of the molecule is CCNC(=NCCC1=CCOCC1)NC1CCN(S(=O)(=O)C(F)(F)F)CC1. The van der Waals surface area contributed by atoms with E-state index in [4.69, 9.17) is 4.74 Å². The summed E-state index contributed by atoms with van der Waals surface area (Å²) in [5.74, 6) is 0.599. The molecule has 0 aromatic carbocycles. The van der Waals surface area contributed by atoms with Crippen molar-refractivity contribution in [2.24, 2.45) is 4.99 Å². The molecule has 0 unspecified atom stereocenters. The summed E-state index contributed by atoms with van der Waals surface area (Å²) in [7, 11) is -5.24. The molecule has 2 aliphatic heterocycles. The maximum atomic E-state index is 12.6. The number of piperidine rings is 1. The largest absolute Gasteiger partial charge is 0.511 e. The first kappa shape index (κ1) is 22.0. The summed E-state index contributed by atoms with van der Waals surface area (Å²) in [6.45, 7) is 4.23. The lowest BCUT2D eigenvalue weighted by molar-refractivity contribution is -0.0494. The molecule has 156 valence electrons. The molecule has 1 fully saturated rings. The maximum absolute atomic E-state index is 12.6. The van der Waals surface area contributed by atoms with E-state index in [2.05, 4.69) is 21.7 Å². The Kier molecular flexibility index (Phi) is 7.92. The minimum atomic E-state index is -5.25. The molecule has 0 aromatic rings. The van der Waals surface area contributed by atoms with E-state index in [-0.39, 0.29) is 19.1 Å². The van der Waals surface area contributed by atoms with E-state index in [9.17, 15) is 21.6 Å². The molecule has 2 heterocycles. The van der Waals surface area contributed by atoms with Crippen LogP contribution in [0.1, 0.15) is 32.6 Å². The average molecular weight is 412 g/mol. The van der Waals surface area contributed by atoms with Crippen LogP contribution in [0, 0.1) is 0 Å². The number of halogens is 3. The third-order valence-corrected chi connectivity index (χ3v) is 6.16. The molecule has 2 aliphatic rings. The number of guanidine groups is 1. The number of aliphatic imine (C=N–C) groups is 1. The molecular weight excluding hydrogens is 385 g/mol. The number of ether oxygens (including phenoxy) is 1. The molecule has 7 nitrogen and oxygen atoms in total. The van der Waals surface area contributed by atoms with Crippen molar-refractivity contribution in [1.29, 1.82) is 0 Å². The molecule has 0 aliphatic carbocycles. The van der Waals surface area contributed by atoms with Crippen molar-refractivity contribution >= 4 is 16.0 Å². The van der Waals surface area contributed by atoms with Crippen LogP contribution in [0.3, 0.4) is 0 Å². The zero-order valence-corrected chi connectivity index (χ0v) is 16.2. The van der Waals surface area contributed by atoms with Gasteiger partial charge in [0.15, 0.2) is 5.96 Å². The molecule has 0 aromatic heterocycles. The Morgan fingerprint density at radius 3 is 2.63 bits per heavy atom. The summed E-state index contributed by atoms with van der Waals surface area (Å²) in [6.07, 6.45) is 4.40. The maximum Gasteiger partial charge on any atom is 0.511 e. The average Bonchev–Trinajstić information content (AvgIpc) is 2.62. The van der Waals surface area contributed by atoms with Crippen molar-refractivity contribution in [3.05, 3.63) is 11.6 Å². The monoisotopic (exact) mass is 412 g/mol. The van der Waals surface area contributed by atoms with Crippen LogP contribution in [0.15, 0.2) is 16.6 Å². The number of sulfonamides is 1. The van der Waals surface area contributed by atoms with Gasteiger partial charge in [-0.05, 0) is 32.6 Å². The van der Waals surface area contributed by atoms with E-state index in [0.29, 0.717) is 42.8 Å². The fourth-order valence-electron chi connectivity index (χ4n) is 3.00. The van der Waals surface area contributed by atoms with Crippen LogP contribution in [0.25, 0.3) is 0 Å². The molecular formula is C16H27F3N4O3S. The highest BCUT2D eigenvalue weighted by Crippen LogP contribution is 2.28. The second-order valence-electron chi connectivity index (χ2n) is 6.47. The highest BCUT2D eigenvalue weighted by molar-refractivity contribution is 7.90. The molecule has 27 heavy (non-hydrogen) atoms. The van der Waals surface area contributed by atoms with Gasteiger partial charge in [-0.2, -0.15) is 17.5 Å². The Balaban J connectivity index is 1.85. The van der Waals surface area contributed by atoms with Gasteiger partial charge in [0.25, 0.3) is 0 Å². The van der Waals surface area contributed by atoms with Gasteiger partial charge in [-0.15, -0.1) is 0 Å². The van der Waals surface area contributed by atoms with E-state index >= 15 is 0 Å². The number of hydrogen-bond donors (Lipinski definition) is 2. The van der Waals surface area contributed by atoms with Gasteiger partial charge in [0.05, 0.1) is 13.2 Å². The number of rotatable bonds is 6. The highest BCUT2D eigenvalue weighted by atomic mass is 32.2. The van der Waals surface area contributed by atoms with Crippen LogP contribution in [0.2, 0.25) is 0 Å². The predicted molar refractivity (Wildman–Crippen MR) is 96.8 cm³/mol. The van der Waals surface area contributed by atoms with Gasteiger partial charge in [-0.3, -0.25) is 4.99 Å². The predicted octanol–water partition coefficient (Wildman–Crippen LogP) is 1.59. The highest BCUT2D eigenvalue weighted by Gasteiger charge is 2.50. The van der Waals surface area contributed by atoms with Gasteiger partial charge < -0.3 is 15.4 Å². The van der Waals surface area contributed by atoms with E-state index < -0.39 is 15.5 Å². The smallest absolute Gasteiger partial charge is 0.377 e. The summed E-state index contributed by atoms with van der Waals surface area (Å²) >= 11 is 0. The quantitative estimate of drug-likeness (QED) is 0.393. The lowest BCUT2D eigenvalue weighted by atomic mass is 10.1. The topological polar surface area (TPSA) is 83.0 Å². The zero-order chi connectivity index (χ0) is 19.9. The van der Waals surface area contributed by atoms with Crippen molar-refractivity contribution in [3.8, 4) is 0 Å². The normalized spacial score (nSPS) is 21.0. The Morgan fingerprint density at radius 2 is 2.07 bits per heavy atom. The molecule has 11 heteroatoms. The van der Waals surface area contributed by atoms with Crippen LogP contribution in [-0.4, -0.2) is 69.6 Å². The van der Waals surface area contributed by atoms with Crippen LogP contribution in [-0.2, 0) is 14.8 Å².